The van der Waals surface area contributed by atoms with Crippen LogP contribution in [0.4, 0.5) is 0 Å². The second-order valence-electron chi connectivity index (χ2n) is 10.2. The third-order valence-electron chi connectivity index (χ3n) is 7.13. The minimum absolute atomic E-state index is 0.179. The molecule has 1 fully saturated rings. The molecule has 214 valence electrons. The summed E-state index contributed by atoms with van der Waals surface area (Å²) in [7, 11) is 0. The largest absolute Gasteiger partial charge is 0.374 e. The Balaban J connectivity index is 1.38. The molecule has 0 N–H and O–H groups in total. The first kappa shape index (κ1) is 29.9. The van der Waals surface area contributed by atoms with Gasteiger partial charge < -0.3 is 23.7 Å². The van der Waals surface area contributed by atoms with Crippen LogP contribution in [0.2, 0.25) is 0 Å². The Bertz CT molecular complexity index is 1260. The minimum atomic E-state index is -0.394. The lowest BCUT2D eigenvalue weighted by Crippen LogP contribution is -2.61. The summed E-state index contributed by atoms with van der Waals surface area (Å²) in [5.74, 6) is 0. The van der Waals surface area contributed by atoms with Crippen LogP contribution in [-0.2, 0) is 50.1 Å². The Morgan fingerprint density at radius 2 is 0.829 bits per heavy atom. The van der Waals surface area contributed by atoms with E-state index in [0.29, 0.717) is 33.0 Å². The van der Waals surface area contributed by atoms with Gasteiger partial charge in [0.2, 0.25) is 0 Å². The Kier molecular flexibility index (Phi) is 11.8. The standard InChI is InChI=1S/C35H37IO5/c36-21-31-33(38-23-28-15-7-2-8-16-28)35(40-25-30-19-11-4-12-20-30)34(39-24-29-17-9-3-10-18-29)32(41-31)26-37-22-27-13-5-1-6-14-27/h1-20,31-35H,21-26H2/t31-,32+,33-,34+,35+/m0/s1. The van der Waals surface area contributed by atoms with E-state index in [2.05, 4.69) is 71.1 Å². The molecule has 1 aliphatic rings. The van der Waals surface area contributed by atoms with Crippen LogP contribution >= 0.6 is 22.6 Å². The second kappa shape index (κ2) is 16.2. The first-order valence-corrected chi connectivity index (χ1v) is 15.6. The normalized spacial score (nSPS) is 22.4. The van der Waals surface area contributed by atoms with Gasteiger partial charge in [-0.05, 0) is 22.3 Å². The third kappa shape index (κ3) is 8.95. The molecule has 5 nitrogen and oxygen atoms in total. The highest BCUT2D eigenvalue weighted by Crippen LogP contribution is 2.32. The van der Waals surface area contributed by atoms with Gasteiger partial charge in [0.25, 0.3) is 0 Å². The van der Waals surface area contributed by atoms with E-state index in [1.165, 1.54) is 0 Å². The summed E-state index contributed by atoms with van der Waals surface area (Å²) in [5, 5.41) is 0. The molecule has 0 aliphatic carbocycles. The van der Waals surface area contributed by atoms with Gasteiger partial charge in [-0.15, -0.1) is 0 Å². The average Bonchev–Trinajstić information content (AvgIpc) is 3.04. The SMILES string of the molecule is IC[C@@H]1O[C@H](COCc2ccccc2)[C@@H](OCc2ccccc2)[C@H](OCc2ccccc2)[C@H]1OCc1ccccc1. The number of ether oxygens (including phenoxy) is 5. The third-order valence-corrected chi connectivity index (χ3v) is 8.00. The van der Waals surface area contributed by atoms with Crippen molar-refractivity contribution in [3.63, 3.8) is 0 Å². The smallest absolute Gasteiger partial charge is 0.115 e. The zero-order valence-electron chi connectivity index (χ0n) is 23.1. The molecule has 4 aromatic rings. The van der Waals surface area contributed by atoms with Gasteiger partial charge in [0.05, 0.1) is 39.1 Å². The van der Waals surface area contributed by atoms with Crippen molar-refractivity contribution in [2.24, 2.45) is 0 Å². The first-order chi connectivity index (χ1) is 20.3. The molecule has 41 heavy (non-hydrogen) atoms. The van der Waals surface area contributed by atoms with Crippen LogP contribution in [0, 0.1) is 0 Å². The molecule has 0 spiro atoms. The van der Waals surface area contributed by atoms with Crippen molar-refractivity contribution >= 4 is 22.6 Å². The number of hydrogen-bond donors (Lipinski definition) is 0. The summed E-state index contributed by atoms with van der Waals surface area (Å²) in [6.07, 6.45) is -1.57. The quantitative estimate of drug-likeness (QED) is 0.106. The second-order valence-corrected chi connectivity index (χ2v) is 11.0. The molecule has 0 aromatic heterocycles. The van der Waals surface area contributed by atoms with E-state index in [1.54, 1.807) is 0 Å². The van der Waals surface area contributed by atoms with Gasteiger partial charge >= 0.3 is 0 Å². The number of hydrogen-bond acceptors (Lipinski definition) is 5. The Morgan fingerprint density at radius 1 is 0.463 bits per heavy atom. The van der Waals surface area contributed by atoms with Crippen LogP contribution in [0.15, 0.2) is 121 Å². The molecule has 6 heteroatoms. The molecule has 4 aromatic carbocycles. The van der Waals surface area contributed by atoms with Crippen molar-refractivity contribution in [3.8, 4) is 0 Å². The van der Waals surface area contributed by atoms with Crippen LogP contribution in [0.3, 0.4) is 0 Å². The summed E-state index contributed by atoms with van der Waals surface area (Å²) >= 11 is 2.38. The van der Waals surface area contributed by atoms with E-state index < -0.39 is 6.10 Å². The molecule has 1 heterocycles. The van der Waals surface area contributed by atoms with Gasteiger partial charge in [-0.3, -0.25) is 0 Å². The van der Waals surface area contributed by atoms with E-state index in [9.17, 15) is 0 Å². The molecular weight excluding hydrogens is 627 g/mol. The number of alkyl halides is 1. The van der Waals surface area contributed by atoms with Gasteiger partial charge in [0.1, 0.15) is 24.4 Å². The van der Waals surface area contributed by atoms with Gasteiger partial charge in [0, 0.05) is 4.43 Å². The summed E-state index contributed by atoms with van der Waals surface area (Å²) in [4.78, 5) is 0. The first-order valence-electron chi connectivity index (χ1n) is 14.1. The fourth-order valence-electron chi connectivity index (χ4n) is 5.01. The van der Waals surface area contributed by atoms with E-state index in [4.69, 9.17) is 23.7 Å². The number of halogens is 1. The van der Waals surface area contributed by atoms with Crippen LogP contribution in [-0.4, -0.2) is 41.6 Å². The van der Waals surface area contributed by atoms with E-state index in [1.807, 2.05) is 72.8 Å². The molecular formula is C35H37IO5. The van der Waals surface area contributed by atoms with Gasteiger partial charge in [-0.25, -0.2) is 0 Å². The number of benzene rings is 4. The molecule has 0 unspecified atom stereocenters. The highest BCUT2D eigenvalue weighted by Gasteiger charge is 2.48. The molecule has 1 aliphatic heterocycles. The molecule has 0 amide bonds. The summed E-state index contributed by atoms with van der Waals surface area (Å²) < 4.78 is 33.6. The zero-order valence-corrected chi connectivity index (χ0v) is 25.3. The summed E-state index contributed by atoms with van der Waals surface area (Å²) in [6.45, 7) is 2.25. The maximum absolute atomic E-state index is 6.71. The van der Waals surface area contributed by atoms with Crippen LogP contribution in [0.1, 0.15) is 22.3 Å². The Labute approximate surface area is 256 Å². The molecule has 0 saturated carbocycles. The predicted molar refractivity (Wildman–Crippen MR) is 169 cm³/mol. The summed E-state index contributed by atoms with van der Waals surface area (Å²) in [6, 6.07) is 40.9. The van der Waals surface area contributed by atoms with E-state index >= 15 is 0 Å². The Morgan fingerprint density at radius 3 is 1.24 bits per heavy atom. The highest BCUT2D eigenvalue weighted by atomic mass is 127. The molecule has 0 bridgehead atoms. The van der Waals surface area contributed by atoms with Crippen molar-refractivity contribution in [1.29, 1.82) is 0 Å². The van der Waals surface area contributed by atoms with Crippen LogP contribution in [0.25, 0.3) is 0 Å². The van der Waals surface area contributed by atoms with Crippen LogP contribution < -0.4 is 0 Å². The molecule has 5 atom stereocenters. The van der Waals surface area contributed by atoms with Gasteiger partial charge in [-0.1, -0.05) is 144 Å². The fourth-order valence-corrected chi connectivity index (χ4v) is 5.72. The monoisotopic (exact) mass is 664 g/mol. The maximum Gasteiger partial charge on any atom is 0.115 e. The topological polar surface area (TPSA) is 46.2 Å². The lowest BCUT2D eigenvalue weighted by atomic mass is 9.94. The molecule has 0 radical (unpaired) electrons. The van der Waals surface area contributed by atoms with Crippen molar-refractivity contribution in [2.45, 2.75) is 56.9 Å². The average molecular weight is 665 g/mol. The lowest BCUT2D eigenvalue weighted by molar-refractivity contribution is -0.267. The number of rotatable bonds is 14. The Hall–Kier alpha value is -2.59. The zero-order chi connectivity index (χ0) is 28.1. The van der Waals surface area contributed by atoms with Crippen molar-refractivity contribution < 1.29 is 23.7 Å². The lowest BCUT2D eigenvalue weighted by Gasteiger charge is -2.46. The maximum atomic E-state index is 6.71. The molecule has 5 rings (SSSR count). The van der Waals surface area contributed by atoms with Crippen LogP contribution in [0.5, 0.6) is 0 Å². The van der Waals surface area contributed by atoms with Crippen molar-refractivity contribution in [3.05, 3.63) is 144 Å². The van der Waals surface area contributed by atoms with Gasteiger partial charge in [-0.2, -0.15) is 0 Å². The van der Waals surface area contributed by atoms with E-state index in [-0.39, 0.29) is 24.4 Å². The summed E-state index contributed by atoms with van der Waals surface area (Å²) in [5.41, 5.74) is 4.43. The minimum Gasteiger partial charge on any atom is -0.374 e. The van der Waals surface area contributed by atoms with Gasteiger partial charge in [0.15, 0.2) is 0 Å². The van der Waals surface area contributed by atoms with Crippen molar-refractivity contribution in [2.75, 3.05) is 11.0 Å². The van der Waals surface area contributed by atoms with Crippen molar-refractivity contribution in [1.82, 2.24) is 0 Å². The molecule has 1 saturated heterocycles. The fraction of sp³-hybridized carbons (Fsp3) is 0.314. The predicted octanol–water partition coefficient (Wildman–Crippen LogP) is 7.16. The highest BCUT2D eigenvalue weighted by molar-refractivity contribution is 14.1. The van der Waals surface area contributed by atoms with E-state index in [0.717, 1.165) is 26.7 Å².